The summed E-state index contributed by atoms with van der Waals surface area (Å²) in [6, 6.07) is 6.69. The van der Waals surface area contributed by atoms with Crippen LogP contribution in [0.2, 0.25) is 5.02 Å². The summed E-state index contributed by atoms with van der Waals surface area (Å²) >= 11 is 5.84. The van der Waals surface area contributed by atoms with Gasteiger partial charge in [-0.3, -0.25) is 4.79 Å². The number of sulfonamides is 1. The Kier molecular flexibility index (Phi) is 6.64. The summed E-state index contributed by atoms with van der Waals surface area (Å²) in [5, 5.41) is 3.23. The zero-order valence-corrected chi connectivity index (χ0v) is 14.0. The molecule has 1 aromatic carbocycles. The van der Waals surface area contributed by atoms with Crippen molar-refractivity contribution in [2.45, 2.75) is 32.7 Å². The minimum Gasteiger partial charge on any atom is -0.326 e. The van der Waals surface area contributed by atoms with Gasteiger partial charge in [0.25, 0.3) is 0 Å². The molecule has 0 spiro atoms. The molecule has 0 radical (unpaired) electrons. The van der Waals surface area contributed by atoms with Crippen LogP contribution >= 0.6 is 11.6 Å². The Hall–Kier alpha value is -1.11. The molecule has 7 heteroatoms. The molecule has 1 aromatic rings. The van der Waals surface area contributed by atoms with Crippen LogP contribution in [0, 0.1) is 0 Å². The lowest BCUT2D eigenvalue weighted by Crippen LogP contribution is -2.39. The number of rotatable bonds is 7. The molecule has 0 fully saturated rings. The molecule has 5 nitrogen and oxygen atoms in total. The molecule has 0 aliphatic rings. The number of nitrogens with zero attached hydrogens (tertiary/aromatic N) is 1. The lowest BCUT2D eigenvalue weighted by atomic mass is 10.2. The third-order valence-corrected chi connectivity index (χ3v) is 4.81. The highest BCUT2D eigenvalue weighted by Crippen LogP contribution is 2.15. The molecule has 21 heavy (non-hydrogen) atoms. The monoisotopic (exact) mass is 332 g/mol. The largest absolute Gasteiger partial charge is 0.326 e. The average molecular weight is 333 g/mol. The molecule has 118 valence electrons. The molecule has 0 saturated heterocycles. The molecule has 0 heterocycles. The number of amides is 1. The van der Waals surface area contributed by atoms with E-state index >= 15 is 0 Å². The summed E-state index contributed by atoms with van der Waals surface area (Å²) < 4.78 is 24.8. The standard InChI is InChI=1S/C14H21ClN2O3S/c1-4-11(2)17(21(3,19)20)9-8-14(18)16-13-7-5-6-12(15)10-13/h5-7,10-11H,4,8-9H2,1-3H3,(H,16,18). The Morgan fingerprint density at radius 1 is 1.43 bits per heavy atom. The molecule has 0 saturated carbocycles. The molecule has 0 aliphatic carbocycles. The van der Waals surface area contributed by atoms with E-state index in [9.17, 15) is 13.2 Å². The minimum atomic E-state index is -3.32. The van der Waals surface area contributed by atoms with Crippen LogP contribution in [0.15, 0.2) is 24.3 Å². The maximum Gasteiger partial charge on any atom is 0.225 e. The van der Waals surface area contributed by atoms with Gasteiger partial charge in [0.05, 0.1) is 6.26 Å². The highest BCUT2D eigenvalue weighted by molar-refractivity contribution is 7.88. The first-order valence-electron chi connectivity index (χ1n) is 6.76. The topological polar surface area (TPSA) is 66.5 Å². The summed E-state index contributed by atoms with van der Waals surface area (Å²) in [6.07, 6.45) is 1.96. The van der Waals surface area contributed by atoms with E-state index in [1.807, 2.05) is 13.8 Å². The van der Waals surface area contributed by atoms with Gasteiger partial charge in [-0.05, 0) is 31.5 Å². The molecule has 1 unspecified atom stereocenters. The molecule has 1 atom stereocenters. The van der Waals surface area contributed by atoms with E-state index < -0.39 is 10.0 Å². The lowest BCUT2D eigenvalue weighted by molar-refractivity contribution is -0.116. The molecule has 0 bridgehead atoms. The third kappa shape index (κ3) is 6.03. The first kappa shape index (κ1) is 17.9. The van der Waals surface area contributed by atoms with Crippen molar-refractivity contribution in [2.75, 3.05) is 18.1 Å². The predicted molar refractivity (Wildman–Crippen MR) is 86.0 cm³/mol. The van der Waals surface area contributed by atoms with Crippen LogP contribution in [0.25, 0.3) is 0 Å². The number of carbonyl (C=O) groups excluding carboxylic acids is 1. The van der Waals surface area contributed by atoms with Crippen molar-refractivity contribution in [2.24, 2.45) is 0 Å². The van der Waals surface area contributed by atoms with Crippen LogP contribution < -0.4 is 5.32 Å². The van der Waals surface area contributed by atoms with Crippen LogP contribution in [-0.2, 0) is 14.8 Å². The Morgan fingerprint density at radius 3 is 2.62 bits per heavy atom. The second-order valence-electron chi connectivity index (χ2n) is 4.94. The van der Waals surface area contributed by atoms with Crippen LogP contribution in [0.4, 0.5) is 5.69 Å². The van der Waals surface area contributed by atoms with Gasteiger partial charge in [0.1, 0.15) is 0 Å². The zero-order chi connectivity index (χ0) is 16.0. The van der Waals surface area contributed by atoms with Crippen LogP contribution in [-0.4, -0.2) is 37.5 Å². The van der Waals surface area contributed by atoms with Crippen molar-refractivity contribution in [1.29, 1.82) is 0 Å². The maximum atomic E-state index is 11.9. The number of halogens is 1. The van der Waals surface area contributed by atoms with E-state index in [2.05, 4.69) is 5.32 Å². The first-order chi connectivity index (χ1) is 9.74. The number of nitrogens with one attached hydrogen (secondary N) is 1. The number of hydrogen-bond donors (Lipinski definition) is 1. The van der Waals surface area contributed by atoms with Gasteiger partial charge in [-0.1, -0.05) is 24.6 Å². The second-order valence-corrected chi connectivity index (χ2v) is 7.31. The lowest BCUT2D eigenvalue weighted by Gasteiger charge is -2.25. The van der Waals surface area contributed by atoms with Gasteiger partial charge in [0, 0.05) is 29.7 Å². The van der Waals surface area contributed by atoms with Gasteiger partial charge in [-0.15, -0.1) is 0 Å². The summed E-state index contributed by atoms with van der Waals surface area (Å²) in [5.41, 5.74) is 0.599. The predicted octanol–water partition coefficient (Wildman–Crippen LogP) is 2.73. The smallest absolute Gasteiger partial charge is 0.225 e. The van der Waals surface area contributed by atoms with Gasteiger partial charge in [0.2, 0.25) is 15.9 Å². The highest BCUT2D eigenvalue weighted by atomic mass is 35.5. The minimum absolute atomic E-state index is 0.101. The quantitative estimate of drug-likeness (QED) is 0.834. The van der Waals surface area contributed by atoms with Crippen molar-refractivity contribution in [3.8, 4) is 0 Å². The molecule has 0 aliphatic heterocycles. The number of carbonyl (C=O) groups is 1. The summed E-state index contributed by atoms with van der Waals surface area (Å²) in [6.45, 7) is 3.91. The summed E-state index contributed by atoms with van der Waals surface area (Å²) in [4.78, 5) is 11.9. The van der Waals surface area contributed by atoms with Crippen molar-refractivity contribution >= 4 is 33.2 Å². The van der Waals surface area contributed by atoms with Gasteiger partial charge in [0.15, 0.2) is 0 Å². The van der Waals surface area contributed by atoms with E-state index in [-0.39, 0.29) is 24.9 Å². The second kappa shape index (κ2) is 7.77. The van der Waals surface area contributed by atoms with E-state index in [0.29, 0.717) is 17.1 Å². The van der Waals surface area contributed by atoms with Crippen LogP contribution in [0.3, 0.4) is 0 Å². The van der Waals surface area contributed by atoms with Gasteiger partial charge in [-0.25, -0.2) is 8.42 Å². The van der Waals surface area contributed by atoms with E-state index in [4.69, 9.17) is 11.6 Å². The fraction of sp³-hybridized carbons (Fsp3) is 0.500. The van der Waals surface area contributed by atoms with Crippen LogP contribution in [0.5, 0.6) is 0 Å². The molecule has 1 amide bonds. The number of hydrogen-bond acceptors (Lipinski definition) is 3. The Labute approximate surface area is 131 Å². The zero-order valence-electron chi connectivity index (χ0n) is 12.5. The Morgan fingerprint density at radius 2 is 2.10 bits per heavy atom. The summed E-state index contributed by atoms with van der Waals surface area (Å²) in [5.74, 6) is -0.241. The van der Waals surface area contributed by atoms with Gasteiger partial charge in [-0.2, -0.15) is 4.31 Å². The normalized spacial score (nSPS) is 13.2. The van der Waals surface area contributed by atoms with Crippen molar-refractivity contribution in [3.05, 3.63) is 29.3 Å². The van der Waals surface area contributed by atoms with E-state index in [0.717, 1.165) is 6.26 Å². The SMILES string of the molecule is CCC(C)N(CCC(=O)Nc1cccc(Cl)c1)S(C)(=O)=O. The fourth-order valence-corrected chi connectivity index (χ4v) is 3.33. The van der Waals surface area contributed by atoms with Gasteiger partial charge < -0.3 is 5.32 Å². The molecule has 1 rings (SSSR count). The number of benzene rings is 1. The molecular formula is C14H21ClN2O3S. The van der Waals surface area contributed by atoms with Crippen LogP contribution in [0.1, 0.15) is 26.7 Å². The first-order valence-corrected chi connectivity index (χ1v) is 8.99. The molecular weight excluding hydrogens is 312 g/mol. The van der Waals surface area contributed by atoms with Gasteiger partial charge >= 0.3 is 0 Å². The maximum absolute atomic E-state index is 11.9. The Balaban J connectivity index is 2.62. The van der Waals surface area contributed by atoms with E-state index in [1.165, 1.54) is 4.31 Å². The Bertz CT molecular complexity index is 590. The molecule has 0 aromatic heterocycles. The van der Waals surface area contributed by atoms with Crippen molar-refractivity contribution < 1.29 is 13.2 Å². The highest BCUT2D eigenvalue weighted by Gasteiger charge is 2.22. The van der Waals surface area contributed by atoms with Crippen molar-refractivity contribution in [3.63, 3.8) is 0 Å². The fourth-order valence-electron chi connectivity index (χ4n) is 1.92. The summed E-state index contributed by atoms with van der Waals surface area (Å²) in [7, 11) is -3.32. The number of anilines is 1. The van der Waals surface area contributed by atoms with Crippen molar-refractivity contribution in [1.82, 2.24) is 4.31 Å². The third-order valence-electron chi connectivity index (χ3n) is 3.18. The average Bonchev–Trinajstić information content (AvgIpc) is 2.36. The van der Waals surface area contributed by atoms with E-state index in [1.54, 1.807) is 24.3 Å². The molecule has 1 N–H and O–H groups in total.